The molecule has 50 heavy (non-hydrogen) atoms. The van der Waals surface area contributed by atoms with Gasteiger partial charge in [-0.3, -0.25) is 14.4 Å². The van der Waals surface area contributed by atoms with Crippen molar-refractivity contribution in [3.63, 3.8) is 0 Å². The van der Waals surface area contributed by atoms with Gasteiger partial charge in [0.1, 0.15) is 23.9 Å². The average Bonchev–Trinajstić information content (AvgIpc) is 3.01. The van der Waals surface area contributed by atoms with Crippen molar-refractivity contribution in [3.05, 3.63) is 66.2 Å². The fourth-order valence-electron chi connectivity index (χ4n) is 4.71. The number of hydrogen-bond donors (Lipinski definition) is 7. The second-order valence-electron chi connectivity index (χ2n) is 13.5. The molecule has 3 unspecified atom stereocenters. The van der Waals surface area contributed by atoms with Gasteiger partial charge in [-0.25, -0.2) is 14.4 Å². The highest BCUT2D eigenvalue weighted by Crippen LogP contribution is 2.19. The predicted octanol–water partition coefficient (Wildman–Crippen LogP) is 4.32. The van der Waals surface area contributed by atoms with Crippen LogP contribution in [-0.2, 0) is 30.4 Å². The van der Waals surface area contributed by atoms with Gasteiger partial charge in [-0.2, -0.15) is 0 Å². The summed E-state index contributed by atoms with van der Waals surface area (Å²) in [7, 11) is 1.55. The van der Waals surface area contributed by atoms with Crippen molar-refractivity contribution >= 4 is 47.1 Å². The van der Waals surface area contributed by atoms with Crippen LogP contribution >= 0.6 is 0 Å². The Labute approximate surface area is 292 Å². The molecule has 14 nitrogen and oxygen atoms in total. The number of methoxy groups -OCH3 is 1. The van der Waals surface area contributed by atoms with E-state index < -0.39 is 53.8 Å². The largest absolute Gasteiger partial charge is 0.497 e. The van der Waals surface area contributed by atoms with Crippen molar-refractivity contribution in [1.29, 1.82) is 0 Å². The molecule has 0 saturated carbocycles. The third-order valence-electron chi connectivity index (χ3n) is 7.13. The topological polar surface area (TPSA) is 212 Å². The van der Waals surface area contributed by atoms with Crippen molar-refractivity contribution in [3.8, 4) is 5.75 Å². The number of carboxylic acid groups (broad SMARTS) is 2. The number of carbonyl (C=O) groups excluding carboxylic acids is 4. The van der Waals surface area contributed by atoms with E-state index in [1.165, 1.54) is 12.2 Å². The van der Waals surface area contributed by atoms with Gasteiger partial charge in [0.05, 0.1) is 13.5 Å². The molecular formula is C36H49N5O9. The van der Waals surface area contributed by atoms with Crippen molar-refractivity contribution in [1.82, 2.24) is 16.0 Å². The summed E-state index contributed by atoms with van der Waals surface area (Å²) in [6, 6.07) is 9.43. The standard InChI is InChI=1S/C36H49N5O9/c1-22(2)19-29(32(44)41-28(34(47)48)10-8-7-9-27(33(45)46)39-31(43)21-36(3,4)5)40-30(42)20-23-11-13-24(14-12-23)37-35(49)38-25-15-17-26(50-6)18-16-25/h7-8,11-18,22,27-29H,9-10,19-21H2,1-6H3,(H,39,43)(H,40,42)(H,41,44)(H,45,46)(H,47,48)(H2,37,38,49). The molecule has 7 N–H and O–H groups in total. The highest BCUT2D eigenvalue weighted by Gasteiger charge is 2.27. The molecule has 2 aromatic carbocycles. The molecule has 2 aromatic rings. The first kappa shape index (κ1) is 40.8. The Morgan fingerprint density at radius 3 is 1.66 bits per heavy atom. The molecule has 0 spiro atoms. The molecule has 0 bridgehead atoms. The lowest BCUT2D eigenvalue weighted by molar-refractivity contribution is -0.142. The van der Waals surface area contributed by atoms with E-state index in [1.807, 2.05) is 34.6 Å². The van der Waals surface area contributed by atoms with Crippen molar-refractivity contribution < 1.29 is 43.7 Å². The van der Waals surface area contributed by atoms with Crippen LogP contribution in [0.25, 0.3) is 0 Å². The van der Waals surface area contributed by atoms with Crippen LogP contribution in [0.1, 0.15) is 65.9 Å². The van der Waals surface area contributed by atoms with Crippen LogP contribution < -0.4 is 31.3 Å². The minimum Gasteiger partial charge on any atom is -0.497 e. The van der Waals surface area contributed by atoms with Gasteiger partial charge in [-0.05, 0) is 72.6 Å². The molecule has 0 radical (unpaired) electrons. The molecule has 14 heteroatoms. The molecule has 0 saturated heterocycles. The number of aliphatic carboxylic acids is 2. The Balaban J connectivity index is 1.95. The summed E-state index contributed by atoms with van der Waals surface area (Å²) < 4.78 is 5.10. The van der Waals surface area contributed by atoms with Crippen LogP contribution in [0.2, 0.25) is 0 Å². The predicted molar refractivity (Wildman–Crippen MR) is 189 cm³/mol. The SMILES string of the molecule is COc1ccc(NC(=O)Nc2ccc(CC(=O)NC(CC(C)C)C(=O)NC(CC=CCC(NC(=O)CC(C)(C)C)C(=O)O)C(=O)O)cc2)cc1. The number of carboxylic acids is 2. The summed E-state index contributed by atoms with van der Waals surface area (Å²) >= 11 is 0. The van der Waals surface area contributed by atoms with Crippen LogP contribution in [0.5, 0.6) is 5.75 Å². The first-order valence-corrected chi connectivity index (χ1v) is 16.3. The van der Waals surface area contributed by atoms with Gasteiger partial charge in [0.2, 0.25) is 17.7 Å². The number of ether oxygens (including phenoxy) is 1. The zero-order valence-corrected chi connectivity index (χ0v) is 29.4. The molecule has 0 aliphatic carbocycles. The molecule has 3 atom stereocenters. The fraction of sp³-hybridized carbons (Fsp3) is 0.444. The third-order valence-corrected chi connectivity index (χ3v) is 7.13. The minimum atomic E-state index is -1.34. The molecule has 272 valence electrons. The molecule has 0 aliphatic heterocycles. The second-order valence-corrected chi connectivity index (χ2v) is 13.5. The zero-order chi connectivity index (χ0) is 37.4. The number of amides is 5. The summed E-state index contributed by atoms with van der Waals surface area (Å²) in [6.07, 6.45) is 2.97. The summed E-state index contributed by atoms with van der Waals surface area (Å²) in [5, 5.41) is 32.3. The van der Waals surface area contributed by atoms with Gasteiger partial charge in [0.25, 0.3) is 0 Å². The summed E-state index contributed by atoms with van der Waals surface area (Å²) in [5.74, 6) is -3.43. The number of anilines is 2. The number of nitrogens with one attached hydrogen (secondary N) is 5. The van der Waals surface area contributed by atoms with E-state index in [1.54, 1.807) is 55.6 Å². The monoisotopic (exact) mass is 695 g/mol. The lowest BCUT2D eigenvalue weighted by Crippen LogP contribution is -2.52. The highest BCUT2D eigenvalue weighted by atomic mass is 16.5. The summed E-state index contributed by atoms with van der Waals surface area (Å²) in [4.78, 5) is 74.2. The van der Waals surface area contributed by atoms with E-state index in [0.717, 1.165) is 0 Å². The van der Waals surface area contributed by atoms with E-state index >= 15 is 0 Å². The normalized spacial score (nSPS) is 13.1. The Hall–Kier alpha value is -5.40. The van der Waals surface area contributed by atoms with Gasteiger partial charge >= 0.3 is 18.0 Å². The number of hydrogen-bond acceptors (Lipinski definition) is 7. The number of rotatable bonds is 18. The third kappa shape index (κ3) is 15.7. The maximum absolute atomic E-state index is 13.2. The molecule has 0 aliphatic rings. The van der Waals surface area contributed by atoms with Crippen LogP contribution in [0.3, 0.4) is 0 Å². The lowest BCUT2D eigenvalue weighted by Gasteiger charge is -2.22. The Morgan fingerprint density at radius 1 is 0.720 bits per heavy atom. The van der Waals surface area contributed by atoms with Gasteiger partial charge in [-0.1, -0.05) is 58.9 Å². The van der Waals surface area contributed by atoms with Crippen LogP contribution in [0.4, 0.5) is 16.2 Å². The minimum absolute atomic E-state index is 0.00918. The van der Waals surface area contributed by atoms with E-state index in [-0.39, 0.29) is 43.4 Å². The van der Waals surface area contributed by atoms with Crippen LogP contribution in [-0.4, -0.2) is 71.1 Å². The fourth-order valence-corrected chi connectivity index (χ4v) is 4.71. The summed E-state index contributed by atoms with van der Waals surface area (Å²) in [6.45, 7) is 9.28. The number of carbonyl (C=O) groups is 6. The Kier molecular flexibility index (Phi) is 16.0. The van der Waals surface area contributed by atoms with Crippen LogP contribution in [0, 0.1) is 11.3 Å². The van der Waals surface area contributed by atoms with Crippen molar-refractivity contribution in [2.45, 2.75) is 84.8 Å². The van der Waals surface area contributed by atoms with E-state index in [9.17, 15) is 39.0 Å². The van der Waals surface area contributed by atoms with Crippen molar-refractivity contribution in [2.24, 2.45) is 11.3 Å². The van der Waals surface area contributed by atoms with E-state index in [2.05, 4.69) is 26.6 Å². The Bertz CT molecular complexity index is 1500. The summed E-state index contributed by atoms with van der Waals surface area (Å²) in [5.41, 5.74) is 1.36. The van der Waals surface area contributed by atoms with Crippen LogP contribution in [0.15, 0.2) is 60.7 Å². The molecule has 2 rings (SSSR count). The van der Waals surface area contributed by atoms with E-state index in [0.29, 0.717) is 22.7 Å². The maximum Gasteiger partial charge on any atom is 0.326 e. The first-order valence-electron chi connectivity index (χ1n) is 16.3. The van der Waals surface area contributed by atoms with E-state index in [4.69, 9.17) is 4.74 Å². The molecule has 0 heterocycles. The van der Waals surface area contributed by atoms with Crippen molar-refractivity contribution in [2.75, 3.05) is 17.7 Å². The smallest absolute Gasteiger partial charge is 0.326 e. The molecule has 0 aromatic heterocycles. The number of urea groups is 1. The lowest BCUT2D eigenvalue weighted by atomic mass is 9.92. The zero-order valence-electron chi connectivity index (χ0n) is 29.4. The molecule has 5 amide bonds. The first-order chi connectivity index (χ1) is 23.4. The quantitative estimate of drug-likeness (QED) is 0.111. The van der Waals surface area contributed by atoms with Gasteiger partial charge in [-0.15, -0.1) is 0 Å². The maximum atomic E-state index is 13.2. The highest BCUT2D eigenvalue weighted by molar-refractivity contribution is 5.99. The Morgan fingerprint density at radius 2 is 1.20 bits per heavy atom. The number of benzene rings is 2. The second kappa shape index (κ2) is 19.6. The molecular weight excluding hydrogens is 646 g/mol. The van der Waals surface area contributed by atoms with Gasteiger partial charge < -0.3 is 41.5 Å². The van der Waals surface area contributed by atoms with Gasteiger partial charge in [0.15, 0.2) is 0 Å². The molecule has 0 fully saturated rings. The van der Waals surface area contributed by atoms with Gasteiger partial charge in [0, 0.05) is 17.8 Å². The average molecular weight is 696 g/mol.